The fourth-order valence-electron chi connectivity index (χ4n) is 2.22. The van der Waals surface area contributed by atoms with Gasteiger partial charge >= 0.3 is 6.18 Å². The molecule has 22 heavy (non-hydrogen) atoms. The van der Waals surface area contributed by atoms with Crippen LogP contribution in [0, 0.1) is 0 Å². The highest BCUT2D eigenvalue weighted by Crippen LogP contribution is 2.26. The number of alkyl halides is 3. The van der Waals surface area contributed by atoms with Gasteiger partial charge in [0, 0.05) is 12.7 Å². The molecule has 0 amide bonds. The summed E-state index contributed by atoms with van der Waals surface area (Å²) in [6.45, 7) is 1.26. The van der Waals surface area contributed by atoms with Gasteiger partial charge in [0.1, 0.15) is 18.7 Å². The lowest BCUT2D eigenvalue weighted by Gasteiger charge is -2.05. The monoisotopic (exact) mass is 311 g/mol. The normalized spacial score (nSPS) is 12.2. The largest absolute Gasteiger partial charge is 0.408 e. The minimum absolute atomic E-state index is 0.223. The van der Waals surface area contributed by atoms with E-state index in [1.165, 1.54) is 18.7 Å². The number of fused-ring (bicyclic) bond motifs is 1. The third kappa shape index (κ3) is 2.47. The van der Waals surface area contributed by atoms with Gasteiger partial charge in [-0.2, -0.15) is 18.3 Å². The number of aromatic nitrogens is 6. The SMILES string of the molecule is CCn1c(-c2cnn(CC(F)(F)F)c2)nc2c(N)ncnc21. The first kappa shape index (κ1) is 14.3. The van der Waals surface area contributed by atoms with Crippen LogP contribution in [0.1, 0.15) is 6.92 Å². The van der Waals surface area contributed by atoms with E-state index in [4.69, 9.17) is 5.73 Å². The molecule has 0 aliphatic heterocycles. The van der Waals surface area contributed by atoms with E-state index in [1.807, 2.05) is 6.92 Å². The standard InChI is InChI=1S/C12H12F3N7/c1-2-22-10(20-8-9(16)17-6-18-11(8)22)7-3-19-21(4-7)5-12(13,14)15/h3-4,6H,2,5H2,1H3,(H2,16,17,18). The van der Waals surface area contributed by atoms with Gasteiger partial charge in [0.15, 0.2) is 17.0 Å². The minimum atomic E-state index is -4.33. The van der Waals surface area contributed by atoms with Gasteiger partial charge in [-0.15, -0.1) is 0 Å². The molecule has 3 aromatic heterocycles. The number of nitrogen functional groups attached to an aromatic ring is 1. The number of imidazole rings is 1. The molecule has 3 aromatic rings. The summed E-state index contributed by atoms with van der Waals surface area (Å²) < 4.78 is 39.8. The van der Waals surface area contributed by atoms with Crippen molar-refractivity contribution in [2.24, 2.45) is 0 Å². The van der Waals surface area contributed by atoms with Crippen molar-refractivity contribution in [1.29, 1.82) is 0 Å². The molecule has 0 aromatic carbocycles. The molecule has 0 spiro atoms. The van der Waals surface area contributed by atoms with E-state index in [2.05, 4.69) is 20.1 Å². The van der Waals surface area contributed by atoms with Crippen molar-refractivity contribution >= 4 is 17.0 Å². The quantitative estimate of drug-likeness (QED) is 0.797. The van der Waals surface area contributed by atoms with E-state index in [-0.39, 0.29) is 5.82 Å². The van der Waals surface area contributed by atoms with Crippen LogP contribution >= 0.6 is 0 Å². The topological polar surface area (TPSA) is 87.4 Å². The zero-order valence-corrected chi connectivity index (χ0v) is 11.5. The molecule has 0 saturated heterocycles. The van der Waals surface area contributed by atoms with Crippen LogP contribution in [0.2, 0.25) is 0 Å². The molecule has 116 valence electrons. The van der Waals surface area contributed by atoms with Gasteiger partial charge in [0.25, 0.3) is 0 Å². The van der Waals surface area contributed by atoms with Gasteiger partial charge in [-0.05, 0) is 6.92 Å². The maximum atomic E-state index is 12.4. The van der Waals surface area contributed by atoms with Gasteiger partial charge in [0.2, 0.25) is 0 Å². The molecule has 0 fully saturated rings. The Hall–Kier alpha value is -2.65. The predicted molar refractivity (Wildman–Crippen MR) is 72.7 cm³/mol. The van der Waals surface area contributed by atoms with E-state index >= 15 is 0 Å². The lowest BCUT2D eigenvalue weighted by atomic mass is 10.3. The fraction of sp³-hybridized carbons (Fsp3) is 0.333. The van der Waals surface area contributed by atoms with Crippen molar-refractivity contribution in [1.82, 2.24) is 29.3 Å². The summed E-state index contributed by atoms with van der Waals surface area (Å²) in [6.07, 6.45) is -0.375. The summed E-state index contributed by atoms with van der Waals surface area (Å²) in [5, 5.41) is 3.72. The number of halogens is 3. The van der Waals surface area contributed by atoms with E-state index in [9.17, 15) is 13.2 Å². The maximum Gasteiger partial charge on any atom is 0.408 e. The molecule has 3 heterocycles. The van der Waals surface area contributed by atoms with Crippen LogP contribution in [-0.2, 0) is 13.1 Å². The summed E-state index contributed by atoms with van der Waals surface area (Å²) in [4.78, 5) is 12.3. The molecule has 0 aliphatic rings. The van der Waals surface area contributed by atoms with Crippen molar-refractivity contribution in [3.8, 4) is 11.4 Å². The Morgan fingerprint density at radius 2 is 2.05 bits per heavy atom. The first-order valence-corrected chi connectivity index (χ1v) is 6.45. The van der Waals surface area contributed by atoms with Crippen molar-refractivity contribution in [2.75, 3.05) is 5.73 Å². The van der Waals surface area contributed by atoms with Crippen LogP contribution in [0.25, 0.3) is 22.6 Å². The van der Waals surface area contributed by atoms with Gasteiger partial charge in [-0.25, -0.2) is 15.0 Å². The van der Waals surface area contributed by atoms with Crippen molar-refractivity contribution in [2.45, 2.75) is 26.2 Å². The van der Waals surface area contributed by atoms with Crippen molar-refractivity contribution in [3.63, 3.8) is 0 Å². The first-order chi connectivity index (χ1) is 10.4. The molecule has 0 saturated carbocycles. The van der Waals surface area contributed by atoms with Crippen molar-refractivity contribution < 1.29 is 13.2 Å². The Morgan fingerprint density at radius 1 is 1.27 bits per heavy atom. The van der Waals surface area contributed by atoms with E-state index < -0.39 is 12.7 Å². The van der Waals surface area contributed by atoms with Crippen LogP contribution in [0.15, 0.2) is 18.7 Å². The molecular formula is C12H12F3N7. The molecular weight excluding hydrogens is 299 g/mol. The molecule has 10 heteroatoms. The van der Waals surface area contributed by atoms with Crippen LogP contribution in [0.4, 0.5) is 19.0 Å². The molecule has 0 radical (unpaired) electrons. The minimum Gasteiger partial charge on any atom is -0.382 e. The Morgan fingerprint density at radius 3 is 2.73 bits per heavy atom. The first-order valence-electron chi connectivity index (χ1n) is 6.45. The van der Waals surface area contributed by atoms with E-state index in [1.54, 1.807) is 4.57 Å². The molecule has 0 atom stereocenters. The lowest BCUT2D eigenvalue weighted by Crippen LogP contribution is -2.17. The van der Waals surface area contributed by atoms with Gasteiger partial charge in [-0.1, -0.05) is 0 Å². The van der Waals surface area contributed by atoms with E-state index in [0.717, 1.165) is 4.68 Å². The Balaban J connectivity index is 2.08. The second-order valence-corrected chi connectivity index (χ2v) is 4.65. The molecule has 0 bridgehead atoms. The van der Waals surface area contributed by atoms with Gasteiger partial charge in [0.05, 0.1) is 11.8 Å². The Labute approximate surface area is 122 Å². The Kier molecular flexibility index (Phi) is 3.23. The molecule has 0 unspecified atom stereocenters. The predicted octanol–water partition coefficient (Wildman–Crippen LogP) is 1.85. The van der Waals surface area contributed by atoms with Crippen LogP contribution in [0.5, 0.6) is 0 Å². The number of nitrogens with zero attached hydrogens (tertiary/aromatic N) is 6. The maximum absolute atomic E-state index is 12.4. The van der Waals surface area contributed by atoms with Gasteiger partial charge < -0.3 is 10.3 Å². The molecule has 7 nitrogen and oxygen atoms in total. The number of hydrogen-bond acceptors (Lipinski definition) is 5. The number of rotatable bonds is 3. The third-order valence-corrected chi connectivity index (χ3v) is 3.11. The second kappa shape index (κ2) is 4.97. The second-order valence-electron chi connectivity index (χ2n) is 4.65. The summed E-state index contributed by atoms with van der Waals surface area (Å²) in [6, 6.07) is 0. The summed E-state index contributed by atoms with van der Waals surface area (Å²) >= 11 is 0. The van der Waals surface area contributed by atoms with Crippen molar-refractivity contribution in [3.05, 3.63) is 18.7 Å². The third-order valence-electron chi connectivity index (χ3n) is 3.11. The average Bonchev–Trinajstić information content (AvgIpc) is 3.01. The summed E-state index contributed by atoms with van der Waals surface area (Å²) in [5.41, 5.74) is 7.18. The number of anilines is 1. The lowest BCUT2D eigenvalue weighted by molar-refractivity contribution is -0.142. The zero-order valence-electron chi connectivity index (χ0n) is 11.5. The van der Waals surface area contributed by atoms with Crippen LogP contribution in [0.3, 0.4) is 0 Å². The highest BCUT2D eigenvalue weighted by molar-refractivity contribution is 5.85. The highest BCUT2D eigenvalue weighted by atomic mass is 19.4. The summed E-state index contributed by atoms with van der Waals surface area (Å²) in [5.74, 6) is 0.680. The number of aryl methyl sites for hydroxylation is 1. The molecule has 2 N–H and O–H groups in total. The van der Waals surface area contributed by atoms with Crippen LogP contribution in [-0.4, -0.2) is 35.5 Å². The fourth-order valence-corrected chi connectivity index (χ4v) is 2.22. The highest BCUT2D eigenvalue weighted by Gasteiger charge is 2.28. The van der Waals surface area contributed by atoms with Gasteiger partial charge in [-0.3, -0.25) is 4.68 Å². The van der Waals surface area contributed by atoms with Crippen LogP contribution < -0.4 is 5.73 Å². The zero-order chi connectivity index (χ0) is 15.9. The average molecular weight is 311 g/mol. The molecule has 3 rings (SSSR count). The van der Waals surface area contributed by atoms with E-state index in [0.29, 0.717) is 29.1 Å². The molecule has 0 aliphatic carbocycles. The number of nitrogens with two attached hydrogens (primary N) is 1. The Bertz CT molecular complexity index is 818. The summed E-state index contributed by atoms with van der Waals surface area (Å²) in [7, 11) is 0. The smallest absolute Gasteiger partial charge is 0.382 e. The number of hydrogen-bond donors (Lipinski definition) is 1.